The Morgan fingerprint density at radius 3 is 2.00 bits per heavy atom. The molecular formula is C27H19Cl2N3O4S. The van der Waals surface area contributed by atoms with Crippen LogP contribution in [0.4, 0.5) is 17.1 Å². The van der Waals surface area contributed by atoms with Crippen molar-refractivity contribution in [2.45, 2.75) is 10.1 Å². The highest BCUT2D eigenvalue weighted by Crippen LogP contribution is 2.37. The molecule has 2 amide bonds. The summed E-state index contributed by atoms with van der Waals surface area (Å²) in [5.74, 6) is -0.637. The standard InChI is InChI=1S/C27H19Cl2N3O4S/c28-19-14-20(29)16-22(15-19)31-27(34)25(17-4-2-1-3-5-17)37-24-12-8-21(9-13-24)30-26(33)18-6-10-23(11-7-18)32(35)36/h1-16,25H,(H,30,33)(H,31,34). The Bertz CT molecular complexity index is 1410. The monoisotopic (exact) mass is 551 g/mol. The highest BCUT2D eigenvalue weighted by atomic mass is 35.5. The highest BCUT2D eigenvalue weighted by molar-refractivity contribution is 8.00. The number of nitro benzene ring substituents is 1. The average Bonchev–Trinajstić information content (AvgIpc) is 2.88. The molecule has 186 valence electrons. The van der Waals surface area contributed by atoms with Gasteiger partial charge in [-0.15, -0.1) is 11.8 Å². The van der Waals surface area contributed by atoms with Gasteiger partial charge in [-0.2, -0.15) is 0 Å². The minimum Gasteiger partial charge on any atom is -0.325 e. The quantitative estimate of drug-likeness (QED) is 0.133. The number of amides is 2. The summed E-state index contributed by atoms with van der Waals surface area (Å²) in [6.45, 7) is 0. The zero-order valence-electron chi connectivity index (χ0n) is 19.1. The van der Waals surface area contributed by atoms with Gasteiger partial charge in [-0.3, -0.25) is 19.7 Å². The molecule has 0 radical (unpaired) electrons. The molecule has 7 nitrogen and oxygen atoms in total. The molecule has 0 aliphatic rings. The van der Waals surface area contributed by atoms with Gasteiger partial charge in [0.25, 0.3) is 11.6 Å². The van der Waals surface area contributed by atoms with Crippen LogP contribution >= 0.6 is 35.0 Å². The largest absolute Gasteiger partial charge is 0.325 e. The molecule has 0 aliphatic carbocycles. The molecule has 2 N–H and O–H groups in total. The molecular weight excluding hydrogens is 533 g/mol. The SMILES string of the molecule is O=C(Nc1ccc(SC(C(=O)Nc2cc(Cl)cc(Cl)c2)c2ccccc2)cc1)c1ccc([N+](=O)[O-])cc1. The second-order valence-electron chi connectivity index (χ2n) is 7.84. The first-order valence-electron chi connectivity index (χ1n) is 10.9. The van der Waals surface area contributed by atoms with Crippen LogP contribution in [-0.2, 0) is 4.79 Å². The second-order valence-corrected chi connectivity index (χ2v) is 9.89. The van der Waals surface area contributed by atoms with Gasteiger partial charge in [0.2, 0.25) is 5.91 Å². The topological polar surface area (TPSA) is 101 Å². The van der Waals surface area contributed by atoms with Crippen molar-refractivity contribution in [2.75, 3.05) is 10.6 Å². The zero-order valence-corrected chi connectivity index (χ0v) is 21.4. The molecule has 10 heteroatoms. The van der Waals surface area contributed by atoms with Gasteiger partial charge in [0.05, 0.1) is 4.92 Å². The molecule has 4 rings (SSSR count). The Morgan fingerprint density at radius 2 is 1.41 bits per heavy atom. The van der Waals surface area contributed by atoms with Crippen molar-refractivity contribution in [3.63, 3.8) is 0 Å². The van der Waals surface area contributed by atoms with E-state index in [1.165, 1.54) is 36.0 Å². The number of halogens is 2. The Kier molecular flexibility index (Phi) is 8.45. The minimum atomic E-state index is -0.570. The number of hydrogen-bond donors (Lipinski definition) is 2. The van der Waals surface area contributed by atoms with Crippen LogP contribution in [-0.4, -0.2) is 16.7 Å². The van der Waals surface area contributed by atoms with Gasteiger partial charge in [0, 0.05) is 44.0 Å². The minimum absolute atomic E-state index is 0.0894. The fourth-order valence-corrected chi connectivity index (χ4v) is 4.98. The zero-order chi connectivity index (χ0) is 26.4. The van der Waals surface area contributed by atoms with Crippen LogP contribution in [0.1, 0.15) is 21.2 Å². The van der Waals surface area contributed by atoms with Crippen molar-refractivity contribution < 1.29 is 14.5 Å². The Labute approximate surface area is 227 Å². The predicted octanol–water partition coefficient (Wildman–Crippen LogP) is 7.63. The van der Waals surface area contributed by atoms with E-state index in [4.69, 9.17) is 23.2 Å². The van der Waals surface area contributed by atoms with Gasteiger partial charge >= 0.3 is 0 Å². The number of nitrogens with zero attached hydrogens (tertiary/aromatic N) is 1. The Balaban J connectivity index is 1.47. The first-order chi connectivity index (χ1) is 17.8. The van der Waals surface area contributed by atoms with Crippen LogP contribution < -0.4 is 10.6 Å². The summed E-state index contributed by atoms with van der Waals surface area (Å²) in [6.07, 6.45) is 0. The van der Waals surface area contributed by atoms with Crippen LogP contribution in [0.5, 0.6) is 0 Å². The molecule has 0 saturated heterocycles. The summed E-state index contributed by atoms with van der Waals surface area (Å²) in [5, 5.41) is 16.7. The molecule has 4 aromatic carbocycles. The van der Waals surface area contributed by atoms with Crippen LogP contribution in [0.3, 0.4) is 0 Å². The summed E-state index contributed by atoms with van der Waals surface area (Å²) in [7, 11) is 0. The summed E-state index contributed by atoms with van der Waals surface area (Å²) in [5.41, 5.74) is 2.06. The normalized spacial score (nSPS) is 11.4. The third-order valence-electron chi connectivity index (χ3n) is 5.18. The summed E-state index contributed by atoms with van der Waals surface area (Å²) in [6, 6.07) is 26.6. The lowest BCUT2D eigenvalue weighted by Gasteiger charge is -2.18. The van der Waals surface area contributed by atoms with Gasteiger partial charge in [0.1, 0.15) is 5.25 Å². The fraction of sp³-hybridized carbons (Fsp3) is 0.0370. The molecule has 0 bridgehead atoms. The molecule has 4 aromatic rings. The van der Waals surface area contributed by atoms with E-state index in [9.17, 15) is 19.7 Å². The summed E-state index contributed by atoms with van der Waals surface area (Å²) >= 11 is 13.5. The lowest BCUT2D eigenvalue weighted by molar-refractivity contribution is -0.384. The molecule has 0 spiro atoms. The predicted molar refractivity (Wildman–Crippen MR) is 148 cm³/mol. The van der Waals surface area contributed by atoms with Gasteiger partial charge in [-0.1, -0.05) is 53.5 Å². The van der Waals surface area contributed by atoms with Crippen molar-refractivity contribution in [3.05, 3.63) is 128 Å². The maximum absolute atomic E-state index is 13.3. The number of hydrogen-bond acceptors (Lipinski definition) is 5. The maximum atomic E-state index is 13.3. The van der Waals surface area contributed by atoms with Gasteiger partial charge in [0.15, 0.2) is 0 Å². The van der Waals surface area contributed by atoms with Gasteiger partial charge in [-0.05, 0) is 60.2 Å². The van der Waals surface area contributed by atoms with E-state index in [-0.39, 0.29) is 11.6 Å². The number of nitro groups is 1. The molecule has 0 aliphatic heterocycles. The number of non-ortho nitro benzene ring substituents is 1. The molecule has 1 atom stereocenters. The Hall–Kier alpha value is -3.85. The lowest BCUT2D eigenvalue weighted by Crippen LogP contribution is -2.19. The van der Waals surface area contributed by atoms with E-state index in [0.29, 0.717) is 27.0 Å². The van der Waals surface area contributed by atoms with Gasteiger partial charge < -0.3 is 10.6 Å². The van der Waals surface area contributed by atoms with E-state index in [0.717, 1.165) is 10.5 Å². The van der Waals surface area contributed by atoms with E-state index in [1.807, 2.05) is 30.3 Å². The van der Waals surface area contributed by atoms with Crippen LogP contribution in [0, 0.1) is 10.1 Å². The first-order valence-corrected chi connectivity index (χ1v) is 12.6. The van der Waals surface area contributed by atoms with Crippen molar-refractivity contribution in [1.29, 1.82) is 0 Å². The van der Waals surface area contributed by atoms with Gasteiger partial charge in [-0.25, -0.2) is 0 Å². The van der Waals surface area contributed by atoms with Crippen molar-refractivity contribution >= 4 is 63.8 Å². The molecule has 1 unspecified atom stereocenters. The second kappa shape index (κ2) is 11.9. The number of carbonyl (C=O) groups excluding carboxylic acids is 2. The number of nitrogens with one attached hydrogen (secondary N) is 2. The fourth-order valence-electron chi connectivity index (χ4n) is 3.43. The number of thioether (sulfide) groups is 1. The van der Waals surface area contributed by atoms with E-state index in [1.54, 1.807) is 42.5 Å². The lowest BCUT2D eigenvalue weighted by atomic mass is 10.1. The highest BCUT2D eigenvalue weighted by Gasteiger charge is 2.22. The third kappa shape index (κ3) is 7.10. The molecule has 0 heterocycles. The van der Waals surface area contributed by atoms with E-state index < -0.39 is 16.1 Å². The number of carbonyl (C=O) groups is 2. The summed E-state index contributed by atoms with van der Waals surface area (Å²) < 4.78 is 0. The van der Waals surface area contributed by atoms with Crippen molar-refractivity contribution in [3.8, 4) is 0 Å². The Morgan fingerprint density at radius 1 is 0.784 bits per heavy atom. The molecule has 37 heavy (non-hydrogen) atoms. The maximum Gasteiger partial charge on any atom is 0.269 e. The summed E-state index contributed by atoms with van der Waals surface area (Å²) in [4.78, 5) is 36.8. The number of rotatable bonds is 8. The van der Waals surface area contributed by atoms with E-state index in [2.05, 4.69) is 10.6 Å². The third-order valence-corrected chi connectivity index (χ3v) is 6.88. The van der Waals surface area contributed by atoms with Crippen LogP contribution in [0.15, 0.2) is 102 Å². The van der Waals surface area contributed by atoms with Crippen LogP contribution in [0.25, 0.3) is 0 Å². The van der Waals surface area contributed by atoms with Crippen LogP contribution in [0.2, 0.25) is 10.0 Å². The molecule has 0 saturated carbocycles. The smallest absolute Gasteiger partial charge is 0.269 e. The number of benzene rings is 4. The van der Waals surface area contributed by atoms with E-state index >= 15 is 0 Å². The molecule has 0 fully saturated rings. The van der Waals surface area contributed by atoms with Crippen molar-refractivity contribution in [2.24, 2.45) is 0 Å². The molecule has 0 aromatic heterocycles. The number of anilines is 2. The first kappa shape index (κ1) is 26.2. The average molecular weight is 552 g/mol. The van der Waals surface area contributed by atoms with Crippen molar-refractivity contribution in [1.82, 2.24) is 0 Å².